The third-order valence-electron chi connectivity index (χ3n) is 4.51. The molecule has 1 fully saturated rings. The van der Waals surface area contributed by atoms with Crippen molar-refractivity contribution < 1.29 is 21.9 Å². The van der Waals surface area contributed by atoms with E-state index < -0.39 is 21.7 Å². The van der Waals surface area contributed by atoms with Crippen LogP contribution in [0.1, 0.15) is 12.0 Å². The molecular weight excluding hydrogens is 374 g/mol. The fourth-order valence-corrected chi connectivity index (χ4v) is 4.65. The summed E-state index contributed by atoms with van der Waals surface area (Å²) >= 11 is 0. The Balaban J connectivity index is 1.99. The largest absolute Gasteiger partial charge is 0.453 e. The van der Waals surface area contributed by atoms with Gasteiger partial charge in [-0.05, 0) is 56.8 Å². The van der Waals surface area contributed by atoms with Crippen LogP contribution < -0.4 is 4.74 Å². The first-order valence-corrected chi connectivity index (χ1v) is 10.1. The minimum absolute atomic E-state index is 0.0253. The van der Waals surface area contributed by atoms with Crippen LogP contribution in [0.25, 0.3) is 0 Å². The number of hydrogen-bond acceptors (Lipinski definition) is 4. The Morgan fingerprint density at radius 3 is 2.52 bits per heavy atom. The highest BCUT2D eigenvalue weighted by atomic mass is 32.2. The average Bonchev–Trinajstić information content (AvgIpc) is 2.84. The first-order valence-electron chi connectivity index (χ1n) is 8.69. The summed E-state index contributed by atoms with van der Waals surface area (Å²) in [6, 6.07) is 7.45. The second kappa shape index (κ2) is 7.92. The smallest absolute Gasteiger partial charge is 0.246 e. The first-order chi connectivity index (χ1) is 12.8. The highest BCUT2D eigenvalue weighted by Gasteiger charge is 2.29. The molecule has 2 aromatic rings. The summed E-state index contributed by atoms with van der Waals surface area (Å²) in [4.78, 5) is 2.03. The molecule has 1 aliphatic heterocycles. The van der Waals surface area contributed by atoms with Crippen molar-refractivity contribution in [1.29, 1.82) is 0 Å². The van der Waals surface area contributed by atoms with Gasteiger partial charge in [-0.1, -0.05) is 6.07 Å². The van der Waals surface area contributed by atoms with Gasteiger partial charge in [-0.25, -0.2) is 17.2 Å². The third kappa shape index (κ3) is 4.45. The van der Waals surface area contributed by atoms with Gasteiger partial charge >= 0.3 is 0 Å². The van der Waals surface area contributed by atoms with Gasteiger partial charge in [0.2, 0.25) is 10.0 Å². The quantitative estimate of drug-likeness (QED) is 0.795. The van der Waals surface area contributed by atoms with Crippen LogP contribution in [0, 0.1) is 18.6 Å². The van der Waals surface area contributed by atoms with Crippen LogP contribution in [0.15, 0.2) is 41.3 Å². The first kappa shape index (κ1) is 19.7. The molecule has 0 aliphatic carbocycles. The van der Waals surface area contributed by atoms with Gasteiger partial charge in [-0.15, -0.1) is 0 Å². The number of ether oxygens (including phenoxy) is 1. The molecule has 1 saturated heterocycles. The van der Waals surface area contributed by atoms with E-state index in [1.54, 1.807) is 13.0 Å². The fraction of sp³-hybridized carbons (Fsp3) is 0.368. The van der Waals surface area contributed by atoms with E-state index in [1.165, 1.54) is 16.4 Å². The zero-order valence-electron chi connectivity index (χ0n) is 15.3. The molecule has 5 nitrogen and oxygen atoms in total. The predicted octanol–water partition coefficient (Wildman–Crippen LogP) is 3.39. The van der Waals surface area contributed by atoms with Crippen molar-refractivity contribution in [3.63, 3.8) is 0 Å². The van der Waals surface area contributed by atoms with Crippen molar-refractivity contribution in [2.75, 3.05) is 33.2 Å². The Kier molecular flexibility index (Phi) is 5.78. The predicted molar refractivity (Wildman–Crippen MR) is 98.5 cm³/mol. The van der Waals surface area contributed by atoms with Gasteiger partial charge in [0.25, 0.3) is 0 Å². The molecule has 0 amide bonds. The number of halogens is 2. The molecule has 1 heterocycles. The van der Waals surface area contributed by atoms with Crippen LogP contribution in [-0.4, -0.2) is 50.8 Å². The second-order valence-electron chi connectivity index (χ2n) is 6.69. The molecule has 2 aromatic carbocycles. The number of likely N-dealkylation sites (N-methyl/N-ethyl adjacent to an activating group) is 1. The molecule has 1 aliphatic rings. The van der Waals surface area contributed by atoms with Crippen LogP contribution in [-0.2, 0) is 10.0 Å². The maximum absolute atomic E-state index is 14.0. The topological polar surface area (TPSA) is 49.9 Å². The SMILES string of the molecule is Cc1ccc(Oc2cc(F)ccc2F)c(S(=O)(=O)N2CCCN(C)CC2)c1. The molecule has 0 bridgehead atoms. The maximum atomic E-state index is 14.0. The molecule has 27 heavy (non-hydrogen) atoms. The van der Waals surface area contributed by atoms with Crippen molar-refractivity contribution >= 4 is 10.0 Å². The summed E-state index contributed by atoms with van der Waals surface area (Å²) in [5, 5.41) is 0. The monoisotopic (exact) mass is 396 g/mol. The van der Waals surface area contributed by atoms with Crippen molar-refractivity contribution in [3.05, 3.63) is 53.6 Å². The molecule has 0 radical (unpaired) electrons. The Bertz CT molecular complexity index is 935. The van der Waals surface area contributed by atoms with Crippen LogP contribution in [0.3, 0.4) is 0 Å². The van der Waals surface area contributed by atoms with E-state index in [0.717, 1.165) is 36.7 Å². The Morgan fingerprint density at radius 2 is 1.74 bits per heavy atom. The standard InChI is InChI=1S/C19H22F2N2O3S/c1-14-4-7-17(26-18-13-15(20)5-6-16(18)21)19(12-14)27(24,25)23-9-3-8-22(2)10-11-23/h4-7,12-13H,3,8-11H2,1-2H3. The average molecular weight is 396 g/mol. The summed E-state index contributed by atoms with van der Waals surface area (Å²) in [5.41, 5.74) is 0.729. The van der Waals surface area contributed by atoms with Gasteiger partial charge in [-0.2, -0.15) is 4.31 Å². The van der Waals surface area contributed by atoms with E-state index in [0.29, 0.717) is 19.6 Å². The van der Waals surface area contributed by atoms with E-state index in [9.17, 15) is 17.2 Å². The van der Waals surface area contributed by atoms with E-state index >= 15 is 0 Å². The molecule has 0 N–H and O–H groups in total. The summed E-state index contributed by atoms with van der Waals surface area (Å²) in [5.74, 6) is -1.82. The highest BCUT2D eigenvalue weighted by Crippen LogP contribution is 2.33. The number of benzene rings is 2. The molecule has 3 rings (SSSR count). The minimum Gasteiger partial charge on any atom is -0.453 e. The summed E-state index contributed by atoms with van der Waals surface area (Å²) in [6.45, 7) is 3.97. The lowest BCUT2D eigenvalue weighted by molar-refractivity contribution is 0.346. The lowest BCUT2D eigenvalue weighted by atomic mass is 10.2. The zero-order chi connectivity index (χ0) is 19.6. The van der Waals surface area contributed by atoms with Crippen LogP contribution in [0.5, 0.6) is 11.5 Å². The maximum Gasteiger partial charge on any atom is 0.246 e. The van der Waals surface area contributed by atoms with Crippen molar-refractivity contribution in [2.24, 2.45) is 0 Å². The van der Waals surface area contributed by atoms with Gasteiger partial charge in [0.05, 0.1) is 0 Å². The molecule has 146 valence electrons. The summed E-state index contributed by atoms with van der Waals surface area (Å²) in [6.07, 6.45) is 0.719. The number of aryl methyl sites for hydroxylation is 1. The molecule has 0 spiro atoms. The van der Waals surface area contributed by atoms with E-state index in [2.05, 4.69) is 4.90 Å². The van der Waals surface area contributed by atoms with Crippen molar-refractivity contribution in [1.82, 2.24) is 9.21 Å². The Morgan fingerprint density at radius 1 is 0.963 bits per heavy atom. The van der Waals surface area contributed by atoms with Gasteiger partial charge in [0.15, 0.2) is 11.6 Å². The molecule has 0 saturated carbocycles. The molecule has 0 aromatic heterocycles. The minimum atomic E-state index is -3.84. The van der Waals surface area contributed by atoms with E-state index in [1.807, 2.05) is 7.05 Å². The summed E-state index contributed by atoms with van der Waals surface area (Å²) < 4.78 is 60.7. The third-order valence-corrected chi connectivity index (χ3v) is 6.43. The molecular formula is C19H22F2N2O3S. The van der Waals surface area contributed by atoms with Crippen LogP contribution in [0.4, 0.5) is 8.78 Å². The lowest BCUT2D eigenvalue weighted by Gasteiger charge is -2.22. The van der Waals surface area contributed by atoms with Crippen LogP contribution >= 0.6 is 0 Å². The highest BCUT2D eigenvalue weighted by molar-refractivity contribution is 7.89. The fourth-order valence-electron chi connectivity index (χ4n) is 2.98. The Hall–Kier alpha value is -2.03. The normalized spacial score (nSPS) is 16.9. The molecule has 8 heteroatoms. The van der Waals surface area contributed by atoms with Gasteiger partial charge in [-0.3, -0.25) is 0 Å². The van der Waals surface area contributed by atoms with E-state index in [4.69, 9.17) is 4.74 Å². The van der Waals surface area contributed by atoms with Crippen molar-refractivity contribution in [2.45, 2.75) is 18.2 Å². The second-order valence-corrected chi connectivity index (χ2v) is 8.59. The number of nitrogens with zero attached hydrogens (tertiary/aromatic N) is 2. The van der Waals surface area contributed by atoms with Gasteiger partial charge in [0, 0.05) is 25.7 Å². The van der Waals surface area contributed by atoms with Crippen LogP contribution in [0.2, 0.25) is 0 Å². The number of sulfonamides is 1. The Labute approximate surface area is 158 Å². The number of hydrogen-bond donors (Lipinski definition) is 0. The molecule has 0 unspecified atom stereocenters. The van der Waals surface area contributed by atoms with Crippen molar-refractivity contribution in [3.8, 4) is 11.5 Å². The number of rotatable bonds is 4. The zero-order valence-corrected chi connectivity index (χ0v) is 16.1. The lowest BCUT2D eigenvalue weighted by Crippen LogP contribution is -2.34. The van der Waals surface area contributed by atoms with E-state index in [-0.39, 0.29) is 16.4 Å². The van der Waals surface area contributed by atoms with Gasteiger partial charge in [0.1, 0.15) is 16.5 Å². The summed E-state index contributed by atoms with van der Waals surface area (Å²) in [7, 11) is -1.89. The molecule has 0 atom stereocenters. The van der Waals surface area contributed by atoms with Gasteiger partial charge < -0.3 is 9.64 Å².